The van der Waals surface area contributed by atoms with Gasteiger partial charge >= 0.3 is 0 Å². The third kappa shape index (κ3) is 4.87. The number of fused-ring (bicyclic) bond motifs is 1. The summed E-state index contributed by atoms with van der Waals surface area (Å²) in [5.41, 5.74) is 1.96. The predicted molar refractivity (Wildman–Crippen MR) is 138 cm³/mol. The van der Waals surface area contributed by atoms with Crippen LogP contribution >= 0.6 is 0 Å². The second-order valence-corrected chi connectivity index (χ2v) is 9.51. The second kappa shape index (κ2) is 10.3. The lowest BCUT2D eigenvalue weighted by Gasteiger charge is -2.25. The number of nitrogens with zero attached hydrogens (tertiary/aromatic N) is 2. The number of amides is 3. The van der Waals surface area contributed by atoms with Gasteiger partial charge < -0.3 is 25.3 Å². The maximum Gasteiger partial charge on any atom is 0.271 e. The highest BCUT2D eigenvalue weighted by atomic mass is 16.5. The monoisotopic (exact) mass is 499 g/mol. The molecule has 0 bridgehead atoms. The van der Waals surface area contributed by atoms with E-state index in [0.29, 0.717) is 43.8 Å². The van der Waals surface area contributed by atoms with Crippen LogP contribution in [0.1, 0.15) is 41.4 Å². The molecule has 0 spiro atoms. The fraction of sp³-hybridized carbons (Fsp3) is 0.357. The lowest BCUT2D eigenvalue weighted by atomic mass is 9.97. The minimum atomic E-state index is -0.735. The molecule has 2 saturated heterocycles. The van der Waals surface area contributed by atoms with Gasteiger partial charge in [0.25, 0.3) is 5.91 Å². The van der Waals surface area contributed by atoms with Gasteiger partial charge in [0.05, 0.1) is 13.2 Å². The maximum atomic E-state index is 13.7. The molecule has 2 aromatic heterocycles. The molecule has 4 unspecified atom stereocenters. The zero-order valence-electron chi connectivity index (χ0n) is 20.6. The molecule has 9 nitrogen and oxygen atoms in total. The minimum absolute atomic E-state index is 0.0448. The fourth-order valence-corrected chi connectivity index (χ4v) is 5.31. The molecule has 3 aromatic rings. The number of carbonyl (C=O) groups excluding carboxylic acids is 3. The molecule has 4 heterocycles. The highest BCUT2D eigenvalue weighted by molar-refractivity contribution is 6.02. The Labute approximate surface area is 215 Å². The maximum absolute atomic E-state index is 13.7. The predicted octanol–water partition coefficient (Wildman–Crippen LogP) is 2.21. The van der Waals surface area contributed by atoms with Crippen molar-refractivity contribution in [2.24, 2.45) is 5.92 Å². The van der Waals surface area contributed by atoms with Gasteiger partial charge in [0.1, 0.15) is 17.5 Å². The second-order valence-electron chi connectivity index (χ2n) is 9.51. The number of hydrogen-bond acceptors (Lipinski definition) is 5. The minimum Gasteiger partial charge on any atom is -0.496 e. The number of hydrogen-bond donors (Lipinski definition) is 3. The van der Waals surface area contributed by atoms with E-state index in [4.69, 9.17) is 11.2 Å². The zero-order chi connectivity index (χ0) is 25.9. The molecule has 0 saturated carbocycles. The molecule has 190 valence electrons. The summed E-state index contributed by atoms with van der Waals surface area (Å²) in [5, 5.41) is 6.50. The van der Waals surface area contributed by atoms with Crippen molar-refractivity contribution in [1.82, 2.24) is 25.5 Å². The Hall–Kier alpha value is -4.32. The quantitative estimate of drug-likeness (QED) is 0.431. The van der Waals surface area contributed by atoms with E-state index < -0.39 is 12.1 Å². The van der Waals surface area contributed by atoms with Crippen molar-refractivity contribution in [2.45, 2.75) is 37.3 Å². The largest absolute Gasteiger partial charge is 0.496 e. The van der Waals surface area contributed by atoms with Crippen LogP contribution in [-0.2, 0) is 9.59 Å². The van der Waals surface area contributed by atoms with Crippen LogP contribution in [-0.4, -0.2) is 64.9 Å². The van der Waals surface area contributed by atoms with E-state index in [-0.39, 0.29) is 29.6 Å². The van der Waals surface area contributed by atoms with Gasteiger partial charge in [0.15, 0.2) is 0 Å². The van der Waals surface area contributed by atoms with Gasteiger partial charge in [0.2, 0.25) is 11.8 Å². The Morgan fingerprint density at radius 2 is 2.16 bits per heavy atom. The summed E-state index contributed by atoms with van der Waals surface area (Å²) in [6.07, 6.45) is 8.89. The Morgan fingerprint density at radius 3 is 2.86 bits per heavy atom. The summed E-state index contributed by atoms with van der Waals surface area (Å²) in [5.74, 6) is 2.26. The Morgan fingerprint density at radius 1 is 1.30 bits per heavy atom. The molecule has 2 aliphatic rings. The zero-order valence-corrected chi connectivity index (χ0v) is 20.6. The normalized spacial score (nSPS) is 21.9. The first-order valence-electron chi connectivity index (χ1n) is 12.4. The van der Waals surface area contributed by atoms with Crippen LogP contribution in [0, 0.1) is 18.3 Å². The van der Waals surface area contributed by atoms with Gasteiger partial charge in [-0.2, -0.15) is 0 Å². The number of ether oxygens (including phenoxy) is 1. The number of H-pyrrole nitrogens is 1. The van der Waals surface area contributed by atoms with E-state index in [1.54, 1.807) is 24.3 Å². The van der Waals surface area contributed by atoms with Crippen molar-refractivity contribution < 1.29 is 19.1 Å². The number of benzene rings is 1. The first-order valence-corrected chi connectivity index (χ1v) is 12.4. The van der Waals surface area contributed by atoms with Crippen molar-refractivity contribution >= 4 is 28.6 Å². The molecule has 1 aromatic carbocycles. The number of methoxy groups -OCH3 is 1. The van der Waals surface area contributed by atoms with Crippen LogP contribution in [0.25, 0.3) is 10.9 Å². The number of aromatic amines is 1. The van der Waals surface area contributed by atoms with E-state index in [9.17, 15) is 14.4 Å². The summed E-state index contributed by atoms with van der Waals surface area (Å²) >= 11 is 0. The summed E-state index contributed by atoms with van der Waals surface area (Å²) in [4.78, 5) is 48.5. The van der Waals surface area contributed by atoms with Crippen molar-refractivity contribution in [3.8, 4) is 18.1 Å². The number of pyridine rings is 1. The van der Waals surface area contributed by atoms with Gasteiger partial charge in [-0.05, 0) is 49.6 Å². The van der Waals surface area contributed by atoms with Crippen LogP contribution in [0.4, 0.5) is 0 Å². The smallest absolute Gasteiger partial charge is 0.271 e. The van der Waals surface area contributed by atoms with Gasteiger partial charge in [-0.15, -0.1) is 6.42 Å². The molecule has 0 aliphatic carbocycles. The van der Waals surface area contributed by atoms with Crippen LogP contribution in [0.5, 0.6) is 5.75 Å². The molecular formula is C28H29N5O4. The van der Waals surface area contributed by atoms with E-state index >= 15 is 0 Å². The average Bonchev–Trinajstić information content (AvgIpc) is 3.66. The van der Waals surface area contributed by atoms with E-state index in [1.807, 2.05) is 36.4 Å². The first-order chi connectivity index (χ1) is 18.0. The summed E-state index contributed by atoms with van der Waals surface area (Å²) in [6, 6.07) is 11.6. The lowest BCUT2D eigenvalue weighted by molar-refractivity contribution is -0.126. The van der Waals surface area contributed by atoms with Crippen molar-refractivity contribution in [3.63, 3.8) is 0 Å². The fourth-order valence-electron chi connectivity index (χ4n) is 5.31. The Kier molecular flexibility index (Phi) is 6.82. The number of nitrogens with one attached hydrogen (secondary N) is 3. The van der Waals surface area contributed by atoms with Gasteiger partial charge in [0, 0.05) is 47.7 Å². The molecule has 3 amide bonds. The van der Waals surface area contributed by atoms with Crippen molar-refractivity contribution in [2.75, 3.05) is 20.2 Å². The van der Waals surface area contributed by atoms with Crippen LogP contribution in [0.3, 0.4) is 0 Å². The molecule has 2 fully saturated rings. The molecule has 3 N–H and O–H groups in total. The van der Waals surface area contributed by atoms with Crippen LogP contribution < -0.4 is 15.4 Å². The standard InChI is InChI=1S/C28H29N5O4/c1-3-19(13-17-10-12-30-26(17)34)31-27(35)24-14-18(21-7-4-5-11-29-21)16-33(24)28(36)23-15-20-22(32-23)8-6-9-25(20)37-2/h1,4-9,11,15,17-19,24,32H,10,12-14,16H2,2H3,(H,30,34)(H,31,35). The SMILES string of the molecule is C#CC(CC1CCNC1=O)NC(=O)C1CC(c2ccccn2)CN1C(=O)c1cc2c(OC)cccc2[nH]1. The molecule has 4 atom stereocenters. The van der Waals surface area contributed by atoms with Crippen LogP contribution in [0.15, 0.2) is 48.7 Å². The Balaban J connectivity index is 1.40. The highest BCUT2D eigenvalue weighted by Gasteiger charge is 2.42. The number of aromatic nitrogens is 2. The molecule has 2 aliphatic heterocycles. The van der Waals surface area contributed by atoms with E-state index in [0.717, 1.165) is 16.6 Å². The summed E-state index contributed by atoms with van der Waals surface area (Å²) in [6.45, 7) is 0.951. The molecule has 5 rings (SSSR count). The van der Waals surface area contributed by atoms with Gasteiger partial charge in [-0.25, -0.2) is 0 Å². The highest BCUT2D eigenvalue weighted by Crippen LogP contribution is 2.33. The van der Waals surface area contributed by atoms with E-state index in [1.165, 1.54) is 0 Å². The third-order valence-corrected chi connectivity index (χ3v) is 7.25. The molecule has 0 radical (unpaired) electrons. The topological polar surface area (TPSA) is 116 Å². The average molecular weight is 500 g/mol. The first kappa shape index (κ1) is 24.4. The van der Waals surface area contributed by atoms with Crippen molar-refractivity contribution in [3.05, 3.63) is 60.0 Å². The van der Waals surface area contributed by atoms with Crippen molar-refractivity contribution in [1.29, 1.82) is 0 Å². The third-order valence-electron chi connectivity index (χ3n) is 7.25. The number of terminal acetylenes is 1. The Bertz CT molecular complexity index is 1360. The number of rotatable bonds is 7. The lowest BCUT2D eigenvalue weighted by Crippen LogP contribution is -2.49. The molecule has 9 heteroatoms. The van der Waals surface area contributed by atoms with Gasteiger partial charge in [-0.1, -0.05) is 18.1 Å². The molecular weight excluding hydrogens is 470 g/mol. The number of carbonyl (C=O) groups is 3. The summed E-state index contributed by atoms with van der Waals surface area (Å²) in [7, 11) is 1.58. The van der Waals surface area contributed by atoms with Crippen LogP contribution in [0.2, 0.25) is 0 Å². The van der Waals surface area contributed by atoms with E-state index in [2.05, 4.69) is 26.5 Å². The molecule has 37 heavy (non-hydrogen) atoms. The number of likely N-dealkylation sites (tertiary alicyclic amines) is 1. The van der Waals surface area contributed by atoms with Gasteiger partial charge in [-0.3, -0.25) is 19.4 Å². The summed E-state index contributed by atoms with van der Waals surface area (Å²) < 4.78 is 5.43.